The highest BCUT2D eigenvalue weighted by Crippen LogP contribution is 2.14. The number of hydrogen-bond acceptors (Lipinski definition) is 3. The summed E-state index contributed by atoms with van der Waals surface area (Å²) in [4.78, 5) is 24.5. The molecule has 0 aromatic carbocycles. The Morgan fingerprint density at radius 2 is 1.79 bits per heavy atom. The van der Waals surface area contributed by atoms with Crippen molar-refractivity contribution >= 4 is 24.4 Å². The molecule has 3 nitrogen and oxygen atoms in total. The van der Waals surface area contributed by atoms with Gasteiger partial charge >= 0.3 is 0 Å². The van der Waals surface area contributed by atoms with Crippen molar-refractivity contribution in [3.63, 3.8) is 0 Å². The average Bonchev–Trinajstić information content (AvgIpc) is 2.32. The lowest BCUT2D eigenvalue weighted by Gasteiger charge is -2.21. The van der Waals surface area contributed by atoms with E-state index < -0.39 is 0 Å². The fraction of sp³-hybridized carbons (Fsp3) is 0.800. The van der Waals surface area contributed by atoms with Gasteiger partial charge in [0, 0.05) is 19.4 Å². The van der Waals surface area contributed by atoms with E-state index in [1.54, 1.807) is 0 Å². The quantitative estimate of drug-likeness (QED) is 0.572. The highest BCUT2D eigenvalue weighted by atomic mass is 32.1. The van der Waals surface area contributed by atoms with Crippen molar-refractivity contribution in [1.29, 1.82) is 0 Å². The fourth-order valence-electron chi connectivity index (χ4n) is 1.53. The van der Waals surface area contributed by atoms with Crippen molar-refractivity contribution in [2.45, 2.75) is 32.6 Å². The van der Waals surface area contributed by atoms with Crippen LogP contribution in [0.3, 0.4) is 0 Å². The zero-order valence-corrected chi connectivity index (χ0v) is 9.43. The van der Waals surface area contributed by atoms with Gasteiger partial charge in [0.05, 0.1) is 0 Å². The van der Waals surface area contributed by atoms with Crippen molar-refractivity contribution in [2.75, 3.05) is 12.3 Å². The molecule has 14 heavy (non-hydrogen) atoms. The van der Waals surface area contributed by atoms with Crippen molar-refractivity contribution in [3.8, 4) is 0 Å². The van der Waals surface area contributed by atoms with E-state index in [1.165, 1.54) is 4.90 Å². The predicted molar refractivity (Wildman–Crippen MR) is 58.2 cm³/mol. The molecule has 0 N–H and O–H groups in total. The monoisotopic (exact) mass is 215 g/mol. The van der Waals surface area contributed by atoms with E-state index in [-0.39, 0.29) is 17.7 Å². The first kappa shape index (κ1) is 11.6. The minimum absolute atomic E-state index is 0.0128. The van der Waals surface area contributed by atoms with Crippen molar-refractivity contribution in [1.82, 2.24) is 4.90 Å². The molecule has 0 spiro atoms. The standard InChI is InChI=1S/C10H17NO2S/c1-8(7-14)6-11-9(12)4-2-3-5-10(11)13/h8,14H,2-7H2,1H3. The number of carbonyl (C=O) groups excluding carboxylic acids is 2. The molecule has 0 bridgehead atoms. The first-order chi connectivity index (χ1) is 6.65. The van der Waals surface area contributed by atoms with E-state index in [9.17, 15) is 9.59 Å². The molecular weight excluding hydrogens is 198 g/mol. The second kappa shape index (κ2) is 5.39. The van der Waals surface area contributed by atoms with Gasteiger partial charge < -0.3 is 0 Å². The highest BCUT2D eigenvalue weighted by Gasteiger charge is 2.24. The van der Waals surface area contributed by atoms with Gasteiger partial charge in [-0.1, -0.05) is 6.92 Å². The molecule has 0 saturated carbocycles. The number of rotatable bonds is 3. The van der Waals surface area contributed by atoms with Crippen molar-refractivity contribution in [3.05, 3.63) is 0 Å². The zero-order chi connectivity index (χ0) is 10.6. The zero-order valence-electron chi connectivity index (χ0n) is 8.53. The molecule has 2 amide bonds. The molecule has 80 valence electrons. The molecule has 0 aromatic rings. The second-order valence-electron chi connectivity index (χ2n) is 3.89. The Morgan fingerprint density at radius 3 is 2.21 bits per heavy atom. The number of likely N-dealkylation sites (tertiary alicyclic amines) is 1. The summed E-state index contributed by atoms with van der Waals surface area (Å²) in [5.41, 5.74) is 0. The van der Waals surface area contributed by atoms with Gasteiger partial charge in [-0.25, -0.2) is 0 Å². The van der Waals surface area contributed by atoms with Gasteiger partial charge in [0.15, 0.2) is 0 Å². The summed E-state index contributed by atoms with van der Waals surface area (Å²) in [6.45, 7) is 2.53. The van der Waals surface area contributed by atoms with Crippen LogP contribution in [0, 0.1) is 5.92 Å². The van der Waals surface area contributed by atoms with Gasteiger partial charge in [0.2, 0.25) is 11.8 Å². The van der Waals surface area contributed by atoms with Crippen LogP contribution in [0.4, 0.5) is 0 Å². The van der Waals surface area contributed by atoms with E-state index in [0.29, 0.717) is 25.1 Å². The Bertz CT molecular complexity index is 212. The normalized spacial score (nSPS) is 20.9. The minimum atomic E-state index is -0.0128. The summed E-state index contributed by atoms with van der Waals surface area (Å²) in [6.07, 6.45) is 2.72. The van der Waals surface area contributed by atoms with Crippen LogP contribution in [0.15, 0.2) is 0 Å². The van der Waals surface area contributed by atoms with Gasteiger partial charge in [-0.2, -0.15) is 12.6 Å². The summed E-state index contributed by atoms with van der Waals surface area (Å²) in [5.74, 6) is 0.962. The molecule has 0 aliphatic carbocycles. The van der Waals surface area contributed by atoms with Crippen LogP contribution in [0.25, 0.3) is 0 Å². The maximum atomic E-state index is 11.6. The van der Waals surface area contributed by atoms with E-state index in [0.717, 1.165) is 12.8 Å². The molecule has 0 radical (unpaired) electrons. The fourth-order valence-corrected chi connectivity index (χ4v) is 1.65. The van der Waals surface area contributed by atoms with Crippen molar-refractivity contribution in [2.24, 2.45) is 5.92 Å². The van der Waals surface area contributed by atoms with Crippen LogP contribution in [0.1, 0.15) is 32.6 Å². The number of imide groups is 1. The van der Waals surface area contributed by atoms with Gasteiger partial charge in [-0.3, -0.25) is 14.5 Å². The average molecular weight is 215 g/mol. The lowest BCUT2D eigenvalue weighted by atomic mass is 10.2. The number of amides is 2. The third kappa shape index (κ3) is 3.01. The SMILES string of the molecule is CC(CS)CN1C(=O)CCCCC1=O. The highest BCUT2D eigenvalue weighted by molar-refractivity contribution is 7.80. The van der Waals surface area contributed by atoms with E-state index in [1.807, 2.05) is 6.92 Å². The van der Waals surface area contributed by atoms with Crippen LogP contribution in [-0.4, -0.2) is 29.0 Å². The van der Waals surface area contributed by atoms with Gasteiger partial charge in [-0.05, 0) is 24.5 Å². The lowest BCUT2D eigenvalue weighted by Crippen LogP contribution is -2.38. The predicted octanol–water partition coefficient (Wildman–Crippen LogP) is 1.48. The molecule has 1 heterocycles. The van der Waals surface area contributed by atoms with E-state index in [4.69, 9.17) is 0 Å². The molecule has 0 aromatic heterocycles. The smallest absolute Gasteiger partial charge is 0.229 e. The lowest BCUT2D eigenvalue weighted by molar-refractivity contribution is -0.144. The number of carbonyl (C=O) groups is 2. The maximum Gasteiger partial charge on any atom is 0.229 e. The largest absolute Gasteiger partial charge is 0.282 e. The number of thiol groups is 1. The Kier molecular flexibility index (Phi) is 4.45. The first-order valence-corrected chi connectivity index (χ1v) is 5.72. The van der Waals surface area contributed by atoms with Crippen LogP contribution >= 0.6 is 12.6 Å². The summed E-state index contributed by atoms with van der Waals surface area (Å²) in [6, 6.07) is 0. The van der Waals surface area contributed by atoms with Crippen molar-refractivity contribution < 1.29 is 9.59 Å². The molecule has 1 fully saturated rings. The molecule has 1 rings (SSSR count). The summed E-state index contributed by atoms with van der Waals surface area (Å²) >= 11 is 4.15. The third-order valence-electron chi connectivity index (χ3n) is 2.44. The third-order valence-corrected chi connectivity index (χ3v) is 3.06. The number of hydrogen-bond donors (Lipinski definition) is 1. The van der Waals surface area contributed by atoms with Crippen LogP contribution < -0.4 is 0 Å². The Hall–Kier alpha value is -0.510. The Morgan fingerprint density at radius 1 is 1.29 bits per heavy atom. The first-order valence-electron chi connectivity index (χ1n) is 5.09. The minimum Gasteiger partial charge on any atom is -0.282 e. The molecular formula is C10H17NO2S. The Labute approximate surface area is 90.3 Å². The molecule has 1 aliphatic rings. The number of nitrogens with zero attached hydrogens (tertiary/aromatic N) is 1. The van der Waals surface area contributed by atoms with Crippen LogP contribution in [-0.2, 0) is 9.59 Å². The second-order valence-corrected chi connectivity index (χ2v) is 4.26. The molecule has 1 unspecified atom stereocenters. The topological polar surface area (TPSA) is 37.4 Å². The molecule has 1 saturated heterocycles. The van der Waals surface area contributed by atoms with Gasteiger partial charge in [-0.15, -0.1) is 0 Å². The van der Waals surface area contributed by atoms with E-state index in [2.05, 4.69) is 12.6 Å². The van der Waals surface area contributed by atoms with E-state index >= 15 is 0 Å². The molecule has 1 atom stereocenters. The van der Waals surface area contributed by atoms with Crippen LogP contribution in [0.5, 0.6) is 0 Å². The molecule has 1 aliphatic heterocycles. The summed E-state index contributed by atoms with van der Waals surface area (Å²) in [5, 5.41) is 0. The van der Waals surface area contributed by atoms with Crippen LogP contribution in [0.2, 0.25) is 0 Å². The molecule has 4 heteroatoms. The maximum absolute atomic E-state index is 11.6. The summed E-state index contributed by atoms with van der Waals surface area (Å²) < 4.78 is 0. The Balaban J connectivity index is 2.60. The van der Waals surface area contributed by atoms with Gasteiger partial charge in [0.1, 0.15) is 0 Å². The summed E-state index contributed by atoms with van der Waals surface area (Å²) in [7, 11) is 0. The van der Waals surface area contributed by atoms with Gasteiger partial charge in [0.25, 0.3) is 0 Å².